The third-order valence-corrected chi connectivity index (χ3v) is 3.60. The summed E-state index contributed by atoms with van der Waals surface area (Å²) < 4.78 is 5.86. The molecule has 0 amide bonds. The summed E-state index contributed by atoms with van der Waals surface area (Å²) >= 11 is 0. The van der Waals surface area contributed by atoms with Crippen LogP contribution in [0, 0.1) is 0 Å². The Balaban J connectivity index is 2.60. The zero-order chi connectivity index (χ0) is 14.0. The van der Waals surface area contributed by atoms with Gasteiger partial charge in [-0.1, -0.05) is 40.7 Å². The number of fused-ring (bicyclic) bond motifs is 1. The van der Waals surface area contributed by atoms with Gasteiger partial charge in [-0.3, -0.25) is 0 Å². The van der Waals surface area contributed by atoms with Gasteiger partial charge in [0.2, 0.25) is 0 Å². The summed E-state index contributed by atoms with van der Waals surface area (Å²) in [5, 5.41) is 4.65. The quantitative estimate of drug-likeness (QED) is 0.880. The molecule has 0 saturated heterocycles. The van der Waals surface area contributed by atoms with Crippen molar-refractivity contribution in [1.29, 1.82) is 0 Å². The van der Waals surface area contributed by atoms with Crippen molar-refractivity contribution in [1.82, 2.24) is 5.32 Å². The Morgan fingerprint density at radius 1 is 1.16 bits per heavy atom. The predicted octanol–water partition coefficient (Wildman–Crippen LogP) is 4.40. The van der Waals surface area contributed by atoms with Crippen molar-refractivity contribution < 1.29 is 4.42 Å². The Morgan fingerprint density at radius 3 is 2.47 bits per heavy atom. The molecule has 19 heavy (non-hydrogen) atoms. The van der Waals surface area contributed by atoms with E-state index in [1.807, 2.05) is 6.26 Å². The molecule has 2 rings (SSSR count). The van der Waals surface area contributed by atoms with Crippen LogP contribution in [0.25, 0.3) is 11.0 Å². The monoisotopic (exact) mass is 259 g/mol. The summed E-state index contributed by atoms with van der Waals surface area (Å²) in [6.07, 6.45) is 2.97. The van der Waals surface area contributed by atoms with E-state index in [1.54, 1.807) is 0 Å². The van der Waals surface area contributed by atoms with Crippen LogP contribution in [0.2, 0.25) is 0 Å². The van der Waals surface area contributed by atoms with Crippen molar-refractivity contribution in [3.05, 3.63) is 35.1 Å². The van der Waals surface area contributed by atoms with Crippen molar-refractivity contribution in [3.8, 4) is 0 Å². The molecule has 1 aromatic carbocycles. The van der Waals surface area contributed by atoms with Gasteiger partial charge in [-0.25, -0.2) is 0 Å². The molecule has 2 heteroatoms. The number of benzene rings is 1. The van der Waals surface area contributed by atoms with E-state index < -0.39 is 0 Å². The van der Waals surface area contributed by atoms with Crippen LogP contribution in [-0.2, 0) is 18.4 Å². The maximum atomic E-state index is 5.86. The minimum Gasteiger partial charge on any atom is -0.464 e. The fourth-order valence-corrected chi connectivity index (χ4v) is 2.41. The number of nitrogens with one attached hydrogen (secondary N) is 1. The zero-order valence-electron chi connectivity index (χ0n) is 12.8. The first-order valence-electron chi connectivity index (χ1n) is 7.21. The highest BCUT2D eigenvalue weighted by Crippen LogP contribution is 2.34. The molecule has 0 radical (unpaired) electrons. The van der Waals surface area contributed by atoms with Crippen molar-refractivity contribution in [3.63, 3.8) is 0 Å². The second kappa shape index (κ2) is 5.38. The molecule has 0 aliphatic heterocycles. The van der Waals surface area contributed by atoms with Gasteiger partial charge >= 0.3 is 0 Å². The molecule has 1 N–H and O–H groups in total. The molecule has 0 atom stereocenters. The van der Waals surface area contributed by atoms with E-state index in [2.05, 4.69) is 52.1 Å². The van der Waals surface area contributed by atoms with Crippen LogP contribution in [0.3, 0.4) is 0 Å². The molecule has 0 saturated carbocycles. The third-order valence-electron chi connectivity index (χ3n) is 3.60. The van der Waals surface area contributed by atoms with Gasteiger partial charge in [0.15, 0.2) is 0 Å². The van der Waals surface area contributed by atoms with Gasteiger partial charge in [-0.2, -0.15) is 0 Å². The summed E-state index contributed by atoms with van der Waals surface area (Å²) in [4.78, 5) is 0. The van der Waals surface area contributed by atoms with Crippen molar-refractivity contribution in [2.24, 2.45) is 0 Å². The lowest BCUT2D eigenvalue weighted by molar-refractivity contribution is 0.555. The SMILES string of the molecule is CCNCc1coc2c(C(C)(C)C)cc(CC)cc12. The molecule has 0 unspecified atom stereocenters. The molecular formula is C17H25NO. The molecular weight excluding hydrogens is 234 g/mol. The fraction of sp³-hybridized carbons (Fsp3) is 0.529. The number of hydrogen-bond donors (Lipinski definition) is 1. The standard InChI is InChI=1S/C17H25NO/c1-6-12-8-14-13(10-18-7-2)11-19-16(14)15(9-12)17(3,4)5/h8-9,11,18H,6-7,10H2,1-5H3. The van der Waals surface area contributed by atoms with Crippen LogP contribution in [0.15, 0.2) is 22.8 Å². The molecule has 1 aromatic heterocycles. The van der Waals surface area contributed by atoms with Gasteiger partial charge < -0.3 is 9.73 Å². The minimum atomic E-state index is 0.108. The first-order chi connectivity index (χ1) is 8.97. The third kappa shape index (κ3) is 2.84. The molecule has 0 aliphatic carbocycles. The lowest BCUT2D eigenvalue weighted by Gasteiger charge is -2.20. The van der Waals surface area contributed by atoms with Gasteiger partial charge in [0.25, 0.3) is 0 Å². The Bertz CT molecular complexity index is 560. The average Bonchev–Trinajstić information content (AvgIpc) is 2.76. The second-order valence-electron chi connectivity index (χ2n) is 6.16. The maximum Gasteiger partial charge on any atom is 0.137 e. The Kier molecular flexibility index (Phi) is 4.00. The smallest absolute Gasteiger partial charge is 0.137 e. The van der Waals surface area contributed by atoms with Gasteiger partial charge in [0, 0.05) is 23.1 Å². The Labute approximate surface area is 116 Å². The number of rotatable bonds is 4. The average molecular weight is 259 g/mol. The lowest BCUT2D eigenvalue weighted by atomic mass is 9.84. The molecule has 2 aromatic rings. The predicted molar refractivity (Wildman–Crippen MR) is 81.7 cm³/mol. The number of hydrogen-bond acceptors (Lipinski definition) is 2. The van der Waals surface area contributed by atoms with Gasteiger partial charge in [-0.05, 0) is 30.0 Å². The molecule has 0 spiro atoms. The maximum absolute atomic E-state index is 5.86. The molecule has 0 aliphatic rings. The lowest BCUT2D eigenvalue weighted by Crippen LogP contribution is -2.13. The van der Waals surface area contributed by atoms with Gasteiger partial charge in [-0.15, -0.1) is 0 Å². The molecule has 104 valence electrons. The first kappa shape index (κ1) is 14.1. The highest BCUT2D eigenvalue weighted by atomic mass is 16.3. The highest BCUT2D eigenvalue weighted by Gasteiger charge is 2.21. The minimum absolute atomic E-state index is 0.108. The van der Waals surface area contributed by atoms with Gasteiger partial charge in [0.1, 0.15) is 5.58 Å². The van der Waals surface area contributed by atoms with Crippen LogP contribution >= 0.6 is 0 Å². The van der Waals surface area contributed by atoms with E-state index in [-0.39, 0.29) is 5.41 Å². The van der Waals surface area contributed by atoms with E-state index in [1.165, 1.54) is 22.1 Å². The summed E-state index contributed by atoms with van der Waals surface area (Å²) in [5.74, 6) is 0. The molecule has 1 heterocycles. The topological polar surface area (TPSA) is 25.2 Å². The van der Waals surface area contributed by atoms with Crippen molar-refractivity contribution >= 4 is 11.0 Å². The van der Waals surface area contributed by atoms with E-state index >= 15 is 0 Å². The summed E-state index contributed by atoms with van der Waals surface area (Å²) in [6.45, 7) is 12.9. The van der Waals surface area contributed by atoms with E-state index in [4.69, 9.17) is 4.42 Å². The highest BCUT2D eigenvalue weighted by molar-refractivity contribution is 5.85. The van der Waals surface area contributed by atoms with Crippen LogP contribution < -0.4 is 5.32 Å². The first-order valence-corrected chi connectivity index (χ1v) is 7.21. The zero-order valence-corrected chi connectivity index (χ0v) is 12.8. The van der Waals surface area contributed by atoms with E-state index in [9.17, 15) is 0 Å². The fourth-order valence-electron chi connectivity index (χ4n) is 2.41. The summed E-state index contributed by atoms with van der Waals surface area (Å²) in [6, 6.07) is 4.57. The van der Waals surface area contributed by atoms with Crippen molar-refractivity contribution in [2.45, 2.75) is 53.0 Å². The largest absolute Gasteiger partial charge is 0.464 e. The summed E-state index contributed by atoms with van der Waals surface area (Å²) in [7, 11) is 0. The van der Waals surface area contributed by atoms with Crippen LogP contribution in [-0.4, -0.2) is 6.54 Å². The van der Waals surface area contributed by atoms with Crippen LogP contribution in [0.4, 0.5) is 0 Å². The second-order valence-corrected chi connectivity index (χ2v) is 6.16. The van der Waals surface area contributed by atoms with E-state index in [0.717, 1.165) is 25.1 Å². The van der Waals surface area contributed by atoms with Crippen LogP contribution in [0.5, 0.6) is 0 Å². The Morgan fingerprint density at radius 2 is 1.89 bits per heavy atom. The number of furan rings is 1. The van der Waals surface area contributed by atoms with Crippen LogP contribution in [0.1, 0.15) is 51.3 Å². The Hall–Kier alpha value is -1.28. The summed E-state index contributed by atoms with van der Waals surface area (Å²) in [5.41, 5.74) is 5.12. The molecule has 0 fully saturated rings. The van der Waals surface area contributed by atoms with Gasteiger partial charge in [0.05, 0.1) is 6.26 Å². The van der Waals surface area contributed by atoms with E-state index in [0.29, 0.717) is 0 Å². The molecule has 0 bridgehead atoms. The normalized spacial score (nSPS) is 12.3. The number of aryl methyl sites for hydroxylation is 1. The van der Waals surface area contributed by atoms with Crippen molar-refractivity contribution in [2.75, 3.05) is 6.54 Å². The molecule has 2 nitrogen and oxygen atoms in total.